The quantitative estimate of drug-likeness (QED) is 0.725. The lowest BCUT2D eigenvalue weighted by Crippen LogP contribution is -3.15. The number of hydrogen-bond acceptors (Lipinski definition) is 2. The normalized spacial score (nSPS) is 15.6. The van der Waals surface area contributed by atoms with E-state index in [1.807, 2.05) is 6.92 Å². The van der Waals surface area contributed by atoms with Crippen LogP contribution in [0.3, 0.4) is 0 Å². The number of quaternary nitrogens is 1. The molecule has 0 bridgehead atoms. The fraction of sp³-hybridized carbons (Fsp3) is 0.444. The highest BCUT2D eigenvalue weighted by Crippen LogP contribution is 2.22. The Labute approximate surface area is 158 Å². The second-order valence-corrected chi connectivity index (χ2v) is 6.94. The minimum absolute atomic E-state index is 0.0412. The van der Waals surface area contributed by atoms with Crippen molar-refractivity contribution in [3.05, 3.63) is 39.9 Å². The van der Waals surface area contributed by atoms with Crippen LogP contribution in [0.25, 0.3) is 6.08 Å². The lowest BCUT2D eigenvalue weighted by atomic mass is 10.2. The summed E-state index contributed by atoms with van der Waals surface area (Å²) in [5.74, 6) is 0.0365. The maximum Gasteiger partial charge on any atom is 0.275 e. The molecule has 1 fully saturated rings. The van der Waals surface area contributed by atoms with Gasteiger partial charge in [-0.3, -0.25) is 9.59 Å². The smallest absolute Gasteiger partial charge is 0.275 e. The molecule has 0 aliphatic carbocycles. The van der Waals surface area contributed by atoms with Crippen molar-refractivity contribution in [1.29, 1.82) is 0 Å². The number of benzene rings is 1. The highest BCUT2D eigenvalue weighted by molar-refractivity contribution is 6.35. The van der Waals surface area contributed by atoms with Crippen LogP contribution in [-0.4, -0.2) is 56.0 Å². The van der Waals surface area contributed by atoms with Crippen molar-refractivity contribution < 1.29 is 14.5 Å². The average molecular weight is 385 g/mol. The fourth-order valence-corrected chi connectivity index (χ4v) is 3.15. The van der Waals surface area contributed by atoms with Crippen LogP contribution in [0.4, 0.5) is 0 Å². The maximum absolute atomic E-state index is 12.3. The van der Waals surface area contributed by atoms with E-state index in [1.54, 1.807) is 29.2 Å². The molecule has 1 aromatic rings. The summed E-state index contributed by atoms with van der Waals surface area (Å²) in [6.07, 6.45) is 4.18. The Kier molecular flexibility index (Phi) is 7.75. The standard InChI is InChI=1S/C18H23Cl2N3O2/c1-2-7-21-17(24)13-22-8-10-23(11-9-22)18(25)6-4-14-3-5-15(19)12-16(14)20/h3-6,12H,2,7-11,13H2,1H3,(H,21,24)/p+1/b6-4+. The highest BCUT2D eigenvalue weighted by Gasteiger charge is 2.23. The molecule has 5 nitrogen and oxygen atoms in total. The van der Waals surface area contributed by atoms with Crippen molar-refractivity contribution >= 4 is 41.1 Å². The number of nitrogens with one attached hydrogen (secondary N) is 2. The molecular formula is C18H24Cl2N3O2+. The van der Waals surface area contributed by atoms with Gasteiger partial charge in [0.2, 0.25) is 5.91 Å². The van der Waals surface area contributed by atoms with E-state index in [2.05, 4.69) is 5.32 Å². The van der Waals surface area contributed by atoms with Crippen molar-refractivity contribution in [2.45, 2.75) is 13.3 Å². The van der Waals surface area contributed by atoms with Gasteiger partial charge in [0.1, 0.15) is 0 Å². The highest BCUT2D eigenvalue weighted by atomic mass is 35.5. The number of halogens is 2. The monoisotopic (exact) mass is 384 g/mol. The Bertz CT molecular complexity index is 641. The summed E-state index contributed by atoms with van der Waals surface area (Å²) in [5, 5.41) is 3.97. The molecule has 1 aliphatic heterocycles. The van der Waals surface area contributed by atoms with Gasteiger partial charge in [0.25, 0.3) is 5.91 Å². The molecule has 1 heterocycles. The average Bonchev–Trinajstić information content (AvgIpc) is 2.59. The lowest BCUT2D eigenvalue weighted by molar-refractivity contribution is -0.896. The molecule has 0 aromatic heterocycles. The van der Waals surface area contributed by atoms with Crippen molar-refractivity contribution in [2.24, 2.45) is 0 Å². The zero-order valence-corrected chi connectivity index (χ0v) is 15.9. The van der Waals surface area contributed by atoms with Gasteiger partial charge < -0.3 is 15.1 Å². The second-order valence-electron chi connectivity index (χ2n) is 6.10. The van der Waals surface area contributed by atoms with E-state index in [1.165, 1.54) is 11.0 Å². The largest absolute Gasteiger partial charge is 0.351 e. The van der Waals surface area contributed by atoms with Gasteiger partial charge in [-0.25, -0.2) is 0 Å². The molecular weight excluding hydrogens is 361 g/mol. The lowest BCUT2D eigenvalue weighted by Gasteiger charge is -2.31. The van der Waals surface area contributed by atoms with Gasteiger partial charge in [-0.15, -0.1) is 0 Å². The first-order valence-electron chi connectivity index (χ1n) is 8.52. The van der Waals surface area contributed by atoms with Crippen LogP contribution in [0.2, 0.25) is 10.0 Å². The van der Waals surface area contributed by atoms with Crippen LogP contribution in [0.15, 0.2) is 24.3 Å². The van der Waals surface area contributed by atoms with Gasteiger partial charge in [-0.1, -0.05) is 36.2 Å². The van der Waals surface area contributed by atoms with Gasteiger partial charge in [-0.05, 0) is 30.2 Å². The Balaban J connectivity index is 1.81. The predicted molar refractivity (Wildman–Crippen MR) is 101 cm³/mol. The molecule has 0 spiro atoms. The number of amides is 2. The van der Waals surface area contributed by atoms with Gasteiger partial charge in [0, 0.05) is 22.7 Å². The molecule has 0 saturated carbocycles. The number of hydrogen-bond donors (Lipinski definition) is 2. The SMILES string of the molecule is CCCNC(=O)C[NH+]1CCN(C(=O)/C=C/c2ccc(Cl)cc2Cl)CC1. The Morgan fingerprint density at radius 1 is 1.28 bits per heavy atom. The van der Waals surface area contributed by atoms with E-state index in [0.717, 1.165) is 31.6 Å². The first kappa shape index (κ1) is 19.8. The number of nitrogens with zero attached hydrogens (tertiary/aromatic N) is 1. The Hall–Kier alpha value is -1.56. The zero-order chi connectivity index (χ0) is 18.2. The topological polar surface area (TPSA) is 53.9 Å². The summed E-state index contributed by atoms with van der Waals surface area (Å²) in [6.45, 7) is 6.07. The third kappa shape index (κ3) is 6.34. The number of piperazine rings is 1. The van der Waals surface area contributed by atoms with Crippen LogP contribution in [0.5, 0.6) is 0 Å². The fourth-order valence-electron chi connectivity index (χ4n) is 2.68. The number of carbonyl (C=O) groups excluding carboxylic acids is 2. The van der Waals surface area contributed by atoms with Crippen molar-refractivity contribution in [3.63, 3.8) is 0 Å². The summed E-state index contributed by atoms with van der Waals surface area (Å²) in [5.41, 5.74) is 0.760. The molecule has 2 amide bonds. The second kappa shape index (κ2) is 9.80. The molecule has 25 heavy (non-hydrogen) atoms. The third-order valence-corrected chi connectivity index (χ3v) is 4.70. The summed E-state index contributed by atoms with van der Waals surface area (Å²) in [7, 11) is 0. The Morgan fingerprint density at radius 3 is 2.64 bits per heavy atom. The minimum Gasteiger partial charge on any atom is -0.351 e. The summed E-state index contributed by atoms with van der Waals surface area (Å²) in [4.78, 5) is 27.1. The minimum atomic E-state index is -0.0412. The maximum atomic E-state index is 12.3. The first-order chi connectivity index (χ1) is 12.0. The van der Waals surface area contributed by atoms with Crippen LogP contribution in [-0.2, 0) is 9.59 Å². The summed E-state index contributed by atoms with van der Waals surface area (Å²) in [6, 6.07) is 5.17. The van der Waals surface area contributed by atoms with E-state index < -0.39 is 0 Å². The van der Waals surface area contributed by atoms with E-state index in [9.17, 15) is 9.59 Å². The molecule has 2 rings (SSSR count). The third-order valence-electron chi connectivity index (χ3n) is 4.13. The first-order valence-corrected chi connectivity index (χ1v) is 9.27. The Morgan fingerprint density at radius 2 is 2.00 bits per heavy atom. The van der Waals surface area contributed by atoms with E-state index in [0.29, 0.717) is 29.7 Å². The van der Waals surface area contributed by atoms with E-state index in [-0.39, 0.29) is 11.8 Å². The number of rotatable bonds is 6. The molecule has 1 saturated heterocycles. The predicted octanol–water partition coefficient (Wildman–Crippen LogP) is 1.26. The van der Waals surface area contributed by atoms with Crippen LogP contribution in [0.1, 0.15) is 18.9 Å². The van der Waals surface area contributed by atoms with Crippen LogP contribution >= 0.6 is 23.2 Å². The van der Waals surface area contributed by atoms with Crippen molar-refractivity contribution in [3.8, 4) is 0 Å². The van der Waals surface area contributed by atoms with E-state index in [4.69, 9.17) is 23.2 Å². The molecule has 0 unspecified atom stereocenters. The van der Waals surface area contributed by atoms with Gasteiger partial charge in [0.15, 0.2) is 6.54 Å². The molecule has 0 radical (unpaired) electrons. The van der Waals surface area contributed by atoms with Crippen LogP contribution < -0.4 is 10.2 Å². The summed E-state index contributed by atoms with van der Waals surface area (Å²) < 4.78 is 0. The number of carbonyl (C=O) groups is 2. The molecule has 136 valence electrons. The summed E-state index contributed by atoms with van der Waals surface area (Å²) >= 11 is 12.0. The van der Waals surface area contributed by atoms with Crippen LogP contribution in [0, 0.1) is 0 Å². The van der Waals surface area contributed by atoms with E-state index >= 15 is 0 Å². The van der Waals surface area contributed by atoms with Crippen molar-refractivity contribution in [1.82, 2.24) is 10.2 Å². The molecule has 1 aromatic carbocycles. The van der Waals surface area contributed by atoms with Gasteiger partial charge in [0.05, 0.1) is 26.2 Å². The zero-order valence-electron chi connectivity index (χ0n) is 14.4. The molecule has 0 atom stereocenters. The van der Waals surface area contributed by atoms with Crippen molar-refractivity contribution in [2.75, 3.05) is 39.3 Å². The molecule has 1 aliphatic rings. The molecule has 7 heteroatoms. The molecule has 2 N–H and O–H groups in total. The van der Waals surface area contributed by atoms with Gasteiger partial charge >= 0.3 is 0 Å². The van der Waals surface area contributed by atoms with Gasteiger partial charge in [-0.2, -0.15) is 0 Å².